The first-order valence-electron chi connectivity index (χ1n) is 5.17. The number of hydrogen-bond acceptors (Lipinski definition) is 0. The Balaban J connectivity index is 2.21. The summed E-state index contributed by atoms with van der Waals surface area (Å²) in [4.78, 5) is 0. The van der Waals surface area contributed by atoms with Gasteiger partial charge in [0.25, 0.3) is 0 Å². The molecule has 0 N–H and O–H groups in total. The van der Waals surface area contributed by atoms with Crippen LogP contribution in [0.25, 0.3) is 0 Å². The third-order valence-electron chi connectivity index (χ3n) is 2.67. The molecule has 0 aromatic heterocycles. The predicted octanol–water partition coefficient (Wildman–Crippen LogP) is 3.93. The molecule has 0 bridgehead atoms. The van der Waals surface area contributed by atoms with Crippen LogP contribution in [0.15, 0.2) is 47.1 Å². The molecule has 13 heavy (non-hydrogen) atoms. The Morgan fingerprint density at radius 3 is 2.85 bits per heavy atom. The average Bonchev–Trinajstić information content (AvgIpc) is 2.71. The van der Waals surface area contributed by atoms with Crippen molar-refractivity contribution in [3.05, 3.63) is 47.1 Å². The van der Waals surface area contributed by atoms with Gasteiger partial charge in [-0.05, 0) is 36.0 Å². The molecule has 0 aromatic carbocycles. The molecule has 0 unspecified atom stereocenters. The van der Waals surface area contributed by atoms with Crippen LogP contribution in [0.3, 0.4) is 0 Å². The summed E-state index contributed by atoms with van der Waals surface area (Å²) in [5, 5.41) is 0. The Kier molecular flexibility index (Phi) is 2.49. The summed E-state index contributed by atoms with van der Waals surface area (Å²) in [6.07, 6.45) is 16.2. The van der Waals surface area contributed by atoms with Gasteiger partial charge in [0.1, 0.15) is 0 Å². The topological polar surface area (TPSA) is 0 Å². The van der Waals surface area contributed by atoms with Crippen molar-refractivity contribution in [2.24, 2.45) is 0 Å². The highest BCUT2D eigenvalue weighted by Crippen LogP contribution is 2.31. The van der Waals surface area contributed by atoms with Crippen molar-refractivity contribution in [1.29, 1.82) is 0 Å². The fraction of sp³-hybridized carbons (Fsp3) is 0.385. The van der Waals surface area contributed by atoms with E-state index in [4.69, 9.17) is 0 Å². The van der Waals surface area contributed by atoms with Crippen LogP contribution in [0.5, 0.6) is 0 Å². The minimum Gasteiger partial charge on any atom is -0.0801 e. The quantitative estimate of drug-likeness (QED) is 0.605. The fourth-order valence-corrected chi connectivity index (χ4v) is 2.04. The second kappa shape index (κ2) is 3.78. The molecule has 0 heteroatoms. The van der Waals surface area contributed by atoms with Gasteiger partial charge >= 0.3 is 0 Å². The molecule has 0 aliphatic heterocycles. The molecule has 0 fully saturated rings. The summed E-state index contributed by atoms with van der Waals surface area (Å²) in [6.45, 7) is 2.25. The van der Waals surface area contributed by atoms with Gasteiger partial charge in [0.05, 0.1) is 0 Å². The molecular formula is C13H16. The van der Waals surface area contributed by atoms with E-state index in [1.165, 1.54) is 18.4 Å². The van der Waals surface area contributed by atoms with Crippen LogP contribution < -0.4 is 0 Å². The minimum atomic E-state index is 1.12. The molecule has 0 spiro atoms. The first-order chi connectivity index (χ1) is 6.42. The largest absolute Gasteiger partial charge is 0.0801 e. The molecule has 0 aromatic rings. The molecule has 0 atom stereocenters. The first kappa shape index (κ1) is 8.55. The Hall–Kier alpha value is -1.04. The van der Waals surface area contributed by atoms with E-state index in [0.29, 0.717) is 0 Å². The highest BCUT2D eigenvalue weighted by atomic mass is 14.2. The summed E-state index contributed by atoms with van der Waals surface area (Å²) in [7, 11) is 0. The summed E-state index contributed by atoms with van der Waals surface area (Å²) in [6, 6.07) is 0. The molecule has 2 rings (SSSR count). The van der Waals surface area contributed by atoms with E-state index in [0.717, 1.165) is 12.8 Å². The van der Waals surface area contributed by atoms with Crippen molar-refractivity contribution >= 4 is 0 Å². The van der Waals surface area contributed by atoms with Crippen LogP contribution in [-0.4, -0.2) is 0 Å². The Morgan fingerprint density at radius 1 is 1.23 bits per heavy atom. The smallest absolute Gasteiger partial charge is 0.00857 e. The summed E-state index contributed by atoms with van der Waals surface area (Å²) >= 11 is 0. The van der Waals surface area contributed by atoms with Crippen LogP contribution in [0.2, 0.25) is 0 Å². The normalized spacial score (nSPS) is 20.2. The highest BCUT2D eigenvalue weighted by Gasteiger charge is 2.12. The molecule has 2 aliphatic rings. The molecule has 0 heterocycles. The van der Waals surface area contributed by atoms with Gasteiger partial charge in [0.15, 0.2) is 0 Å². The summed E-state index contributed by atoms with van der Waals surface area (Å²) in [5.74, 6) is 0. The zero-order valence-corrected chi connectivity index (χ0v) is 8.22. The van der Waals surface area contributed by atoms with Crippen LogP contribution in [0.1, 0.15) is 32.6 Å². The minimum absolute atomic E-state index is 1.12. The lowest BCUT2D eigenvalue weighted by molar-refractivity contribution is 0.919. The van der Waals surface area contributed by atoms with Gasteiger partial charge in [-0.1, -0.05) is 43.7 Å². The molecule has 0 radical (unpaired) electrons. The van der Waals surface area contributed by atoms with Crippen LogP contribution in [-0.2, 0) is 0 Å². The SMILES string of the molecule is CCCC1=C(C2=CCC=C2)CC=C1. The Bertz CT molecular complexity index is 311. The summed E-state index contributed by atoms with van der Waals surface area (Å²) in [5.41, 5.74) is 4.59. The van der Waals surface area contributed by atoms with Crippen LogP contribution >= 0.6 is 0 Å². The fourth-order valence-electron chi connectivity index (χ4n) is 2.04. The standard InChI is InChI=1S/C13H16/c1-2-6-11-9-5-10-13(11)12-7-3-4-8-12/h3,5,7-9H,2,4,6,10H2,1H3. The maximum atomic E-state index is 2.33. The van der Waals surface area contributed by atoms with Gasteiger partial charge in [0, 0.05) is 0 Å². The van der Waals surface area contributed by atoms with E-state index >= 15 is 0 Å². The molecular weight excluding hydrogens is 156 g/mol. The number of hydrogen-bond donors (Lipinski definition) is 0. The van der Waals surface area contributed by atoms with Gasteiger partial charge in [-0.3, -0.25) is 0 Å². The lowest BCUT2D eigenvalue weighted by Gasteiger charge is -2.05. The van der Waals surface area contributed by atoms with Gasteiger partial charge in [0.2, 0.25) is 0 Å². The summed E-state index contributed by atoms with van der Waals surface area (Å²) < 4.78 is 0. The lowest BCUT2D eigenvalue weighted by Crippen LogP contribution is -1.86. The van der Waals surface area contributed by atoms with E-state index < -0.39 is 0 Å². The second-order valence-corrected chi connectivity index (χ2v) is 3.66. The van der Waals surface area contributed by atoms with Crippen LogP contribution in [0, 0.1) is 0 Å². The molecule has 0 saturated heterocycles. The average molecular weight is 172 g/mol. The number of rotatable bonds is 3. The van der Waals surface area contributed by atoms with E-state index in [1.807, 2.05) is 0 Å². The highest BCUT2D eigenvalue weighted by molar-refractivity contribution is 5.52. The van der Waals surface area contributed by atoms with Crippen molar-refractivity contribution in [3.8, 4) is 0 Å². The molecule has 0 saturated carbocycles. The Morgan fingerprint density at radius 2 is 2.15 bits per heavy atom. The van der Waals surface area contributed by atoms with Gasteiger partial charge in [-0.15, -0.1) is 0 Å². The van der Waals surface area contributed by atoms with E-state index in [1.54, 1.807) is 11.1 Å². The Labute approximate surface area is 80.3 Å². The first-order valence-corrected chi connectivity index (χ1v) is 5.17. The predicted molar refractivity (Wildman–Crippen MR) is 57.5 cm³/mol. The zero-order chi connectivity index (χ0) is 9.10. The van der Waals surface area contributed by atoms with E-state index in [9.17, 15) is 0 Å². The number of allylic oxidation sites excluding steroid dienone is 8. The third-order valence-corrected chi connectivity index (χ3v) is 2.67. The lowest BCUT2D eigenvalue weighted by atomic mass is 10.00. The van der Waals surface area contributed by atoms with Gasteiger partial charge < -0.3 is 0 Å². The molecule has 0 nitrogen and oxygen atoms in total. The van der Waals surface area contributed by atoms with Gasteiger partial charge in [-0.25, -0.2) is 0 Å². The zero-order valence-electron chi connectivity index (χ0n) is 8.22. The van der Waals surface area contributed by atoms with E-state index in [-0.39, 0.29) is 0 Å². The van der Waals surface area contributed by atoms with Crippen molar-refractivity contribution in [1.82, 2.24) is 0 Å². The van der Waals surface area contributed by atoms with E-state index in [2.05, 4.69) is 37.3 Å². The second-order valence-electron chi connectivity index (χ2n) is 3.66. The van der Waals surface area contributed by atoms with Gasteiger partial charge in [-0.2, -0.15) is 0 Å². The molecule has 0 amide bonds. The monoisotopic (exact) mass is 172 g/mol. The molecule has 68 valence electrons. The van der Waals surface area contributed by atoms with Crippen molar-refractivity contribution < 1.29 is 0 Å². The maximum absolute atomic E-state index is 2.33. The van der Waals surface area contributed by atoms with Crippen molar-refractivity contribution in [3.63, 3.8) is 0 Å². The van der Waals surface area contributed by atoms with Crippen LogP contribution in [0.4, 0.5) is 0 Å². The maximum Gasteiger partial charge on any atom is -0.00857 e. The molecule has 2 aliphatic carbocycles. The van der Waals surface area contributed by atoms with Crippen molar-refractivity contribution in [2.45, 2.75) is 32.6 Å². The third kappa shape index (κ3) is 1.67. The van der Waals surface area contributed by atoms with Crippen molar-refractivity contribution in [2.75, 3.05) is 0 Å².